The summed E-state index contributed by atoms with van der Waals surface area (Å²) in [6.07, 6.45) is 3.68. The molecule has 0 aliphatic rings. The van der Waals surface area contributed by atoms with Crippen molar-refractivity contribution in [3.05, 3.63) is 12.7 Å². The van der Waals surface area contributed by atoms with Crippen LogP contribution in [0, 0.1) is 0 Å². The zero-order chi connectivity index (χ0) is 11.0. The summed E-state index contributed by atoms with van der Waals surface area (Å²) < 4.78 is 0. The fourth-order valence-corrected chi connectivity index (χ4v) is 1.06. The van der Waals surface area contributed by atoms with Crippen molar-refractivity contribution in [2.75, 3.05) is 13.1 Å². The summed E-state index contributed by atoms with van der Waals surface area (Å²) in [4.78, 5) is 23.2. The Bertz CT molecular complexity index is 213. The predicted molar refractivity (Wildman–Crippen MR) is 53.9 cm³/mol. The fraction of sp³-hybridized carbons (Fsp3) is 0.600. The number of unbranched alkanes of at least 4 members (excludes halogenated alkanes) is 1. The monoisotopic (exact) mass is 199 g/mol. The minimum atomic E-state index is -0.989. The van der Waals surface area contributed by atoms with Crippen LogP contribution in [0.1, 0.15) is 26.2 Å². The van der Waals surface area contributed by atoms with Gasteiger partial charge < -0.3 is 10.0 Å². The predicted octanol–water partition coefficient (Wildman–Crippen LogP) is 1.28. The lowest BCUT2D eigenvalue weighted by atomic mass is 10.2. The Balaban J connectivity index is 4.10. The molecular formula is C10H17NO3. The third-order valence-electron chi connectivity index (χ3n) is 1.77. The topological polar surface area (TPSA) is 57.6 Å². The number of hydrogen-bond donors (Lipinski definition) is 1. The van der Waals surface area contributed by atoms with E-state index in [1.165, 1.54) is 11.0 Å². The van der Waals surface area contributed by atoms with E-state index in [-0.39, 0.29) is 12.5 Å². The van der Waals surface area contributed by atoms with E-state index in [9.17, 15) is 9.59 Å². The van der Waals surface area contributed by atoms with Gasteiger partial charge in [-0.25, -0.2) is 0 Å². The van der Waals surface area contributed by atoms with Gasteiger partial charge in [-0.1, -0.05) is 19.4 Å². The van der Waals surface area contributed by atoms with E-state index in [1.807, 2.05) is 6.92 Å². The molecule has 0 saturated carbocycles. The van der Waals surface area contributed by atoms with E-state index in [1.54, 1.807) is 0 Å². The van der Waals surface area contributed by atoms with Crippen LogP contribution in [0.15, 0.2) is 12.7 Å². The highest BCUT2D eigenvalue weighted by Gasteiger charge is 2.14. The average molecular weight is 199 g/mol. The zero-order valence-corrected chi connectivity index (χ0v) is 8.53. The molecule has 0 aliphatic carbocycles. The Kier molecular flexibility index (Phi) is 6.45. The van der Waals surface area contributed by atoms with Crippen LogP contribution in [0.3, 0.4) is 0 Å². The molecule has 0 heterocycles. The summed E-state index contributed by atoms with van der Waals surface area (Å²) in [5, 5.41) is 8.56. The molecule has 0 unspecified atom stereocenters. The number of nitrogens with zero attached hydrogens (tertiary/aromatic N) is 1. The molecular weight excluding hydrogens is 182 g/mol. The molecule has 0 atom stereocenters. The second-order valence-electron chi connectivity index (χ2n) is 3.06. The van der Waals surface area contributed by atoms with E-state index < -0.39 is 5.97 Å². The normalized spacial score (nSPS) is 9.50. The maximum absolute atomic E-state index is 11.4. The molecule has 0 saturated heterocycles. The molecule has 1 amide bonds. The highest BCUT2D eigenvalue weighted by Crippen LogP contribution is 2.00. The molecule has 0 aromatic rings. The number of carbonyl (C=O) groups is 2. The Hall–Kier alpha value is -1.32. The van der Waals surface area contributed by atoms with E-state index in [2.05, 4.69) is 6.58 Å². The van der Waals surface area contributed by atoms with Gasteiger partial charge in [-0.3, -0.25) is 9.59 Å². The molecule has 0 bridgehead atoms. The SMILES string of the molecule is C=CCN(CC(=O)O)C(=O)CCCC. The lowest BCUT2D eigenvalue weighted by Gasteiger charge is -2.18. The summed E-state index contributed by atoms with van der Waals surface area (Å²) in [6, 6.07) is 0. The van der Waals surface area contributed by atoms with Gasteiger partial charge in [-0.15, -0.1) is 6.58 Å². The van der Waals surface area contributed by atoms with Crippen molar-refractivity contribution in [3.8, 4) is 0 Å². The molecule has 0 aliphatic heterocycles. The molecule has 0 aromatic heterocycles. The molecule has 1 N–H and O–H groups in total. The number of carboxylic acids is 1. The lowest BCUT2D eigenvalue weighted by molar-refractivity contribution is -0.144. The van der Waals surface area contributed by atoms with Gasteiger partial charge in [0, 0.05) is 13.0 Å². The summed E-state index contributed by atoms with van der Waals surface area (Å²) >= 11 is 0. The first kappa shape index (κ1) is 12.7. The molecule has 4 nitrogen and oxygen atoms in total. The van der Waals surface area contributed by atoms with Crippen molar-refractivity contribution in [2.24, 2.45) is 0 Å². The molecule has 0 aromatic carbocycles. The van der Waals surface area contributed by atoms with E-state index in [0.717, 1.165) is 12.8 Å². The van der Waals surface area contributed by atoms with E-state index in [4.69, 9.17) is 5.11 Å². The standard InChI is InChI=1S/C10H17NO3/c1-3-5-6-9(12)11(7-4-2)8-10(13)14/h4H,2-3,5-8H2,1H3,(H,13,14). The van der Waals surface area contributed by atoms with Crippen LogP contribution >= 0.6 is 0 Å². The van der Waals surface area contributed by atoms with Gasteiger partial charge in [0.1, 0.15) is 6.54 Å². The molecule has 14 heavy (non-hydrogen) atoms. The van der Waals surface area contributed by atoms with Crippen LogP contribution in [-0.2, 0) is 9.59 Å². The van der Waals surface area contributed by atoms with E-state index >= 15 is 0 Å². The van der Waals surface area contributed by atoms with Crippen LogP contribution < -0.4 is 0 Å². The van der Waals surface area contributed by atoms with Gasteiger partial charge in [-0.2, -0.15) is 0 Å². The molecule has 4 heteroatoms. The van der Waals surface area contributed by atoms with Crippen molar-refractivity contribution in [3.63, 3.8) is 0 Å². The molecule has 0 fully saturated rings. The van der Waals surface area contributed by atoms with Gasteiger partial charge in [0.05, 0.1) is 0 Å². The van der Waals surface area contributed by atoms with Gasteiger partial charge in [0.2, 0.25) is 5.91 Å². The van der Waals surface area contributed by atoms with E-state index in [0.29, 0.717) is 13.0 Å². The van der Waals surface area contributed by atoms with Crippen molar-refractivity contribution in [2.45, 2.75) is 26.2 Å². The van der Waals surface area contributed by atoms with Crippen molar-refractivity contribution >= 4 is 11.9 Å². The van der Waals surface area contributed by atoms with Crippen LogP contribution in [0.2, 0.25) is 0 Å². The molecule has 0 spiro atoms. The number of carboxylic acid groups (broad SMARTS) is 1. The summed E-state index contributed by atoms with van der Waals surface area (Å²) in [7, 11) is 0. The van der Waals surface area contributed by atoms with Gasteiger partial charge in [0.25, 0.3) is 0 Å². The maximum Gasteiger partial charge on any atom is 0.323 e. The summed E-state index contributed by atoms with van der Waals surface area (Å²) in [6.45, 7) is 5.53. The smallest absolute Gasteiger partial charge is 0.323 e. The minimum absolute atomic E-state index is 0.117. The van der Waals surface area contributed by atoms with Crippen LogP contribution in [0.5, 0.6) is 0 Å². The Labute approximate surface area is 84.2 Å². The first-order valence-corrected chi connectivity index (χ1v) is 4.72. The third-order valence-corrected chi connectivity index (χ3v) is 1.77. The average Bonchev–Trinajstić information content (AvgIpc) is 2.13. The first-order chi connectivity index (χ1) is 6.61. The summed E-state index contributed by atoms with van der Waals surface area (Å²) in [5.41, 5.74) is 0. The van der Waals surface area contributed by atoms with Crippen LogP contribution in [0.25, 0.3) is 0 Å². The lowest BCUT2D eigenvalue weighted by Crippen LogP contribution is -2.35. The number of aliphatic carboxylic acids is 1. The Morgan fingerprint density at radius 2 is 2.14 bits per heavy atom. The highest BCUT2D eigenvalue weighted by molar-refractivity contribution is 5.81. The second kappa shape index (κ2) is 7.12. The number of amides is 1. The van der Waals surface area contributed by atoms with Gasteiger partial charge in [-0.05, 0) is 6.42 Å². The zero-order valence-electron chi connectivity index (χ0n) is 8.53. The van der Waals surface area contributed by atoms with Crippen LogP contribution in [0.4, 0.5) is 0 Å². The molecule has 0 radical (unpaired) electrons. The summed E-state index contributed by atoms with van der Waals surface area (Å²) in [5.74, 6) is -1.11. The van der Waals surface area contributed by atoms with Crippen molar-refractivity contribution < 1.29 is 14.7 Å². The minimum Gasteiger partial charge on any atom is -0.480 e. The van der Waals surface area contributed by atoms with Crippen molar-refractivity contribution in [1.82, 2.24) is 4.90 Å². The largest absolute Gasteiger partial charge is 0.480 e. The van der Waals surface area contributed by atoms with Gasteiger partial charge in [0.15, 0.2) is 0 Å². The Morgan fingerprint density at radius 1 is 1.50 bits per heavy atom. The van der Waals surface area contributed by atoms with Gasteiger partial charge >= 0.3 is 5.97 Å². The first-order valence-electron chi connectivity index (χ1n) is 4.72. The molecule has 80 valence electrons. The Morgan fingerprint density at radius 3 is 2.57 bits per heavy atom. The van der Waals surface area contributed by atoms with Crippen molar-refractivity contribution in [1.29, 1.82) is 0 Å². The third kappa shape index (κ3) is 5.35. The quantitative estimate of drug-likeness (QED) is 0.628. The maximum atomic E-state index is 11.4. The number of rotatable bonds is 7. The second-order valence-corrected chi connectivity index (χ2v) is 3.06. The number of hydrogen-bond acceptors (Lipinski definition) is 2. The molecule has 0 rings (SSSR count). The number of carbonyl (C=O) groups excluding carboxylic acids is 1. The fourth-order valence-electron chi connectivity index (χ4n) is 1.06. The highest BCUT2D eigenvalue weighted by atomic mass is 16.4. The van der Waals surface area contributed by atoms with Crippen LogP contribution in [-0.4, -0.2) is 35.0 Å².